The maximum atomic E-state index is 8.98. The van der Waals surface area contributed by atoms with Gasteiger partial charge in [-0.05, 0) is 29.9 Å². The second-order valence-corrected chi connectivity index (χ2v) is 2.86. The highest BCUT2D eigenvalue weighted by atomic mass is 16.4. The summed E-state index contributed by atoms with van der Waals surface area (Å²) in [5.74, 6) is 0. The maximum Gasteiger partial charge on any atom is 0.488 e. The van der Waals surface area contributed by atoms with Gasteiger partial charge in [-0.25, -0.2) is 0 Å². The van der Waals surface area contributed by atoms with Crippen LogP contribution in [0.15, 0.2) is 18.2 Å². The van der Waals surface area contributed by atoms with Crippen molar-refractivity contribution in [2.75, 3.05) is 0 Å². The van der Waals surface area contributed by atoms with Gasteiger partial charge in [-0.15, -0.1) is 0 Å². The number of hydrogen-bond donors (Lipinski definition) is 2. The van der Waals surface area contributed by atoms with Gasteiger partial charge in [-0.1, -0.05) is 25.1 Å². The summed E-state index contributed by atoms with van der Waals surface area (Å²) in [6.07, 6.45) is 0.923. The van der Waals surface area contributed by atoms with Crippen molar-refractivity contribution in [2.24, 2.45) is 0 Å². The lowest BCUT2D eigenvalue weighted by atomic mass is 9.76. The van der Waals surface area contributed by atoms with E-state index in [0.717, 1.165) is 12.0 Å². The molecule has 2 nitrogen and oxygen atoms in total. The third-order valence-corrected chi connectivity index (χ3v) is 2.15. The monoisotopic (exact) mass is 164 g/mol. The summed E-state index contributed by atoms with van der Waals surface area (Å²) in [6, 6.07) is 5.58. The molecule has 1 aromatic carbocycles. The lowest BCUT2D eigenvalue weighted by Gasteiger charge is -2.08. The van der Waals surface area contributed by atoms with Crippen molar-refractivity contribution < 1.29 is 10.0 Å². The first-order chi connectivity index (χ1) is 5.66. The summed E-state index contributed by atoms with van der Waals surface area (Å²) < 4.78 is 0. The summed E-state index contributed by atoms with van der Waals surface area (Å²) in [5, 5.41) is 18.0. The Morgan fingerprint density at radius 1 is 1.33 bits per heavy atom. The van der Waals surface area contributed by atoms with Gasteiger partial charge in [0, 0.05) is 0 Å². The van der Waals surface area contributed by atoms with E-state index >= 15 is 0 Å². The van der Waals surface area contributed by atoms with Crippen LogP contribution in [0.4, 0.5) is 0 Å². The fourth-order valence-corrected chi connectivity index (χ4v) is 1.37. The average Bonchev–Trinajstić information content (AvgIpc) is 2.04. The van der Waals surface area contributed by atoms with E-state index in [4.69, 9.17) is 10.0 Å². The SMILES string of the molecule is CCc1cccc(B(O)O)c1C. The van der Waals surface area contributed by atoms with E-state index in [0.29, 0.717) is 5.46 Å². The first-order valence-electron chi connectivity index (χ1n) is 4.11. The predicted molar refractivity (Wildman–Crippen MR) is 50.4 cm³/mol. The Bertz CT molecular complexity index is 271. The minimum Gasteiger partial charge on any atom is -0.423 e. The molecule has 2 N–H and O–H groups in total. The molecule has 0 fully saturated rings. The molecule has 12 heavy (non-hydrogen) atoms. The molecule has 0 amide bonds. The second kappa shape index (κ2) is 3.74. The Kier molecular flexibility index (Phi) is 2.90. The van der Waals surface area contributed by atoms with Crippen LogP contribution >= 0.6 is 0 Å². The Labute approximate surface area is 73.0 Å². The Morgan fingerprint density at radius 2 is 2.00 bits per heavy atom. The minimum absolute atomic E-state index is 0.606. The molecule has 0 atom stereocenters. The maximum absolute atomic E-state index is 8.98. The van der Waals surface area contributed by atoms with Crippen molar-refractivity contribution in [1.82, 2.24) is 0 Å². The van der Waals surface area contributed by atoms with Crippen LogP contribution in [-0.2, 0) is 6.42 Å². The predicted octanol–water partition coefficient (Wildman–Crippen LogP) is 0.237. The first kappa shape index (κ1) is 9.29. The molecule has 0 aliphatic rings. The Morgan fingerprint density at radius 3 is 2.50 bits per heavy atom. The minimum atomic E-state index is -1.35. The van der Waals surface area contributed by atoms with E-state index in [9.17, 15) is 0 Å². The normalized spacial score (nSPS) is 10.0. The number of hydrogen-bond acceptors (Lipinski definition) is 2. The molecule has 0 saturated heterocycles. The summed E-state index contributed by atoms with van der Waals surface area (Å²) in [6.45, 7) is 3.96. The molecule has 0 heterocycles. The average molecular weight is 164 g/mol. The van der Waals surface area contributed by atoms with Gasteiger partial charge in [-0.2, -0.15) is 0 Å². The standard InChI is InChI=1S/C9H13BO2/c1-3-8-5-4-6-9(7(8)2)10(11)12/h4-6,11-12H,3H2,1-2H3. The van der Waals surface area contributed by atoms with E-state index in [1.807, 2.05) is 19.1 Å². The third kappa shape index (κ3) is 1.68. The molecule has 1 rings (SSSR count). The molecule has 0 saturated carbocycles. The Balaban J connectivity index is 3.14. The van der Waals surface area contributed by atoms with E-state index in [-0.39, 0.29) is 0 Å². The van der Waals surface area contributed by atoms with Gasteiger partial charge in [0.05, 0.1) is 0 Å². The molecular weight excluding hydrogens is 151 g/mol. The summed E-state index contributed by atoms with van der Waals surface area (Å²) in [4.78, 5) is 0. The third-order valence-electron chi connectivity index (χ3n) is 2.15. The topological polar surface area (TPSA) is 40.5 Å². The lowest BCUT2D eigenvalue weighted by Crippen LogP contribution is -2.32. The number of aryl methyl sites for hydroxylation is 1. The van der Waals surface area contributed by atoms with Crippen LogP contribution < -0.4 is 5.46 Å². The second-order valence-electron chi connectivity index (χ2n) is 2.86. The first-order valence-corrected chi connectivity index (χ1v) is 4.11. The fourth-order valence-electron chi connectivity index (χ4n) is 1.37. The van der Waals surface area contributed by atoms with Gasteiger partial charge in [0.2, 0.25) is 0 Å². The van der Waals surface area contributed by atoms with Crippen LogP contribution in [0.25, 0.3) is 0 Å². The highest BCUT2D eigenvalue weighted by Crippen LogP contribution is 2.05. The van der Waals surface area contributed by atoms with Crippen LogP contribution in [0.3, 0.4) is 0 Å². The molecule has 0 bridgehead atoms. The van der Waals surface area contributed by atoms with Crippen molar-refractivity contribution in [3.05, 3.63) is 29.3 Å². The molecule has 0 spiro atoms. The van der Waals surface area contributed by atoms with Crippen molar-refractivity contribution >= 4 is 12.6 Å². The van der Waals surface area contributed by atoms with E-state index in [2.05, 4.69) is 6.92 Å². The Hall–Kier alpha value is -0.795. The summed E-state index contributed by atoms with van der Waals surface area (Å²) in [5.41, 5.74) is 2.75. The van der Waals surface area contributed by atoms with E-state index < -0.39 is 7.12 Å². The molecule has 64 valence electrons. The lowest BCUT2D eigenvalue weighted by molar-refractivity contribution is 0.425. The molecule has 3 heteroatoms. The summed E-state index contributed by atoms with van der Waals surface area (Å²) in [7, 11) is -1.35. The molecule has 0 aliphatic heterocycles. The van der Waals surface area contributed by atoms with Gasteiger partial charge in [-0.3, -0.25) is 0 Å². The largest absolute Gasteiger partial charge is 0.488 e. The zero-order valence-electron chi connectivity index (χ0n) is 7.41. The quantitative estimate of drug-likeness (QED) is 0.614. The van der Waals surface area contributed by atoms with Gasteiger partial charge >= 0.3 is 7.12 Å². The van der Waals surface area contributed by atoms with E-state index in [1.165, 1.54) is 5.56 Å². The fraction of sp³-hybridized carbons (Fsp3) is 0.333. The number of rotatable bonds is 2. The van der Waals surface area contributed by atoms with Crippen molar-refractivity contribution in [3.8, 4) is 0 Å². The van der Waals surface area contributed by atoms with Gasteiger partial charge in [0.1, 0.15) is 0 Å². The number of benzene rings is 1. The summed E-state index contributed by atoms with van der Waals surface area (Å²) >= 11 is 0. The van der Waals surface area contributed by atoms with Crippen LogP contribution in [0.2, 0.25) is 0 Å². The zero-order valence-corrected chi connectivity index (χ0v) is 7.41. The van der Waals surface area contributed by atoms with Gasteiger partial charge < -0.3 is 10.0 Å². The molecule has 0 radical (unpaired) electrons. The zero-order chi connectivity index (χ0) is 9.14. The molecule has 0 aliphatic carbocycles. The van der Waals surface area contributed by atoms with Gasteiger partial charge in [0.25, 0.3) is 0 Å². The van der Waals surface area contributed by atoms with Crippen molar-refractivity contribution in [1.29, 1.82) is 0 Å². The highest BCUT2D eigenvalue weighted by molar-refractivity contribution is 6.59. The van der Waals surface area contributed by atoms with Crippen LogP contribution in [-0.4, -0.2) is 17.2 Å². The van der Waals surface area contributed by atoms with E-state index in [1.54, 1.807) is 6.07 Å². The molecular formula is C9H13BO2. The molecule has 0 aromatic heterocycles. The van der Waals surface area contributed by atoms with Crippen LogP contribution in [0, 0.1) is 6.92 Å². The van der Waals surface area contributed by atoms with Gasteiger partial charge in [0.15, 0.2) is 0 Å². The smallest absolute Gasteiger partial charge is 0.423 e. The molecule has 1 aromatic rings. The molecule has 0 unspecified atom stereocenters. The highest BCUT2D eigenvalue weighted by Gasteiger charge is 2.14. The van der Waals surface area contributed by atoms with Crippen molar-refractivity contribution in [3.63, 3.8) is 0 Å². The van der Waals surface area contributed by atoms with Crippen LogP contribution in [0.1, 0.15) is 18.1 Å². The van der Waals surface area contributed by atoms with Crippen molar-refractivity contribution in [2.45, 2.75) is 20.3 Å². The van der Waals surface area contributed by atoms with Crippen LogP contribution in [0.5, 0.6) is 0 Å².